The van der Waals surface area contributed by atoms with Crippen molar-refractivity contribution in [3.8, 4) is 0 Å². The lowest BCUT2D eigenvalue weighted by atomic mass is 9.77. The van der Waals surface area contributed by atoms with E-state index in [4.69, 9.17) is 15.9 Å². The summed E-state index contributed by atoms with van der Waals surface area (Å²) >= 11 is 0. The molecule has 5 heteroatoms. The van der Waals surface area contributed by atoms with Gasteiger partial charge in [-0.2, -0.15) is 0 Å². The van der Waals surface area contributed by atoms with E-state index >= 15 is 0 Å². The Morgan fingerprint density at radius 2 is 2.00 bits per heavy atom. The van der Waals surface area contributed by atoms with Crippen LogP contribution >= 0.6 is 12.4 Å². The molecule has 19 heavy (non-hydrogen) atoms. The molecule has 0 radical (unpaired) electrons. The van der Waals surface area contributed by atoms with Gasteiger partial charge in [0.15, 0.2) is 0 Å². The first kappa shape index (κ1) is 15.5. The lowest BCUT2D eigenvalue weighted by Crippen LogP contribution is -2.20. The second-order valence-corrected chi connectivity index (χ2v) is 4.79. The molecular formula is C14H19ClN2O2. The first-order valence-electron chi connectivity index (χ1n) is 6.12. The number of hydrogen-bond donors (Lipinski definition) is 2. The minimum Gasteiger partial charge on any atom is -0.465 e. The average molecular weight is 283 g/mol. The second-order valence-electron chi connectivity index (χ2n) is 4.79. The number of hydrogen-bond acceptors (Lipinski definition) is 3. The van der Waals surface area contributed by atoms with E-state index in [2.05, 4.69) is 0 Å². The van der Waals surface area contributed by atoms with Crippen molar-refractivity contribution in [3.05, 3.63) is 34.4 Å². The van der Waals surface area contributed by atoms with Crippen LogP contribution in [0, 0.1) is 12.3 Å². The van der Waals surface area contributed by atoms with Crippen molar-refractivity contribution in [2.75, 3.05) is 7.11 Å². The highest BCUT2D eigenvalue weighted by atomic mass is 35.5. The maximum atomic E-state index is 11.6. The highest BCUT2D eigenvalue weighted by molar-refractivity contribution is 6.00. The lowest BCUT2D eigenvalue weighted by Gasteiger charge is -2.28. The largest absolute Gasteiger partial charge is 0.465 e. The zero-order valence-corrected chi connectivity index (χ0v) is 12.0. The quantitative estimate of drug-likeness (QED) is 0.508. The van der Waals surface area contributed by atoms with Gasteiger partial charge in [-0.3, -0.25) is 5.41 Å². The fraction of sp³-hybridized carbons (Fsp3) is 0.429. The Morgan fingerprint density at radius 1 is 1.37 bits per heavy atom. The molecule has 0 amide bonds. The second kappa shape index (κ2) is 6.06. The van der Waals surface area contributed by atoms with Gasteiger partial charge in [0.1, 0.15) is 5.84 Å². The topological polar surface area (TPSA) is 76.2 Å². The van der Waals surface area contributed by atoms with Crippen LogP contribution in [-0.4, -0.2) is 18.9 Å². The standard InChI is InChI=1S/C14H18N2O2.ClH/c1-8-6-11(9-4-3-5-9)12(13(15)16)7-10(8)14(17)18-2;/h6-7,9H,3-5H2,1-2H3,(H3,15,16);1H. The molecular weight excluding hydrogens is 264 g/mol. The first-order chi connectivity index (χ1) is 8.54. The zero-order valence-electron chi connectivity index (χ0n) is 11.2. The number of amidine groups is 1. The number of rotatable bonds is 3. The van der Waals surface area contributed by atoms with Crippen LogP contribution in [0.15, 0.2) is 12.1 Å². The number of nitrogen functional groups attached to an aromatic ring is 1. The van der Waals surface area contributed by atoms with Gasteiger partial charge in [-0.05, 0) is 42.9 Å². The number of carbonyl (C=O) groups excluding carboxylic acids is 1. The van der Waals surface area contributed by atoms with Crippen molar-refractivity contribution < 1.29 is 9.53 Å². The molecule has 1 aliphatic rings. The summed E-state index contributed by atoms with van der Waals surface area (Å²) in [6.07, 6.45) is 3.49. The molecule has 1 aromatic rings. The molecule has 1 aliphatic carbocycles. The fourth-order valence-corrected chi connectivity index (χ4v) is 2.35. The van der Waals surface area contributed by atoms with Crippen molar-refractivity contribution >= 4 is 24.2 Å². The van der Waals surface area contributed by atoms with Crippen molar-refractivity contribution in [1.82, 2.24) is 0 Å². The van der Waals surface area contributed by atoms with Crippen LogP contribution in [0.1, 0.15) is 52.2 Å². The molecule has 0 aromatic heterocycles. The zero-order chi connectivity index (χ0) is 13.3. The molecule has 2 rings (SSSR count). The molecule has 0 bridgehead atoms. The number of ether oxygens (including phenoxy) is 1. The third-order valence-electron chi connectivity index (χ3n) is 3.64. The van der Waals surface area contributed by atoms with Crippen molar-refractivity contribution in [1.29, 1.82) is 5.41 Å². The number of esters is 1. The molecule has 1 saturated carbocycles. The monoisotopic (exact) mass is 282 g/mol. The van der Waals surface area contributed by atoms with Gasteiger partial charge in [-0.15, -0.1) is 12.4 Å². The van der Waals surface area contributed by atoms with Gasteiger partial charge in [-0.25, -0.2) is 4.79 Å². The van der Waals surface area contributed by atoms with E-state index in [-0.39, 0.29) is 24.2 Å². The van der Waals surface area contributed by atoms with Crippen molar-refractivity contribution in [3.63, 3.8) is 0 Å². The molecule has 0 aliphatic heterocycles. The maximum absolute atomic E-state index is 11.6. The van der Waals surface area contributed by atoms with E-state index in [9.17, 15) is 4.79 Å². The van der Waals surface area contributed by atoms with Gasteiger partial charge < -0.3 is 10.5 Å². The minimum atomic E-state index is -0.379. The van der Waals surface area contributed by atoms with Crippen LogP contribution < -0.4 is 5.73 Å². The number of benzene rings is 1. The summed E-state index contributed by atoms with van der Waals surface area (Å²) in [6.45, 7) is 1.89. The number of aryl methyl sites for hydroxylation is 1. The molecule has 104 valence electrons. The highest BCUT2D eigenvalue weighted by Gasteiger charge is 2.25. The van der Waals surface area contributed by atoms with E-state index < -0.39 is 0 Å². The van der Waals surface area contributed by atoms with Gasteiger partial charge in [-0.1, -0.05) is 12.5 Å². The van der Waals surface area contributed by atoms with Crippen molar-refractivity contribution in [2.24, 2.45) is 5.73 Å². The Labute approximate surface area is 119 Å². The first-order valence-corrected chi connectivity index (χ1v) is 6.12. The normalized spacial score (nSPS) is 14.2. The number of methoxy groups -OCH3 is 1. The SMILES string of the molecule is COC(=O)c1cc(C(=N)N)c(C2CCC2)cc1C.Cl. The van der Waals surface area contributed by atoms with Gasteiger partial charge in [0.05, 0.1) is 12.7 Å². The third kappa shape index (κ3) is 2.89. The molecule has 0 atom stereocenters. The van der Waals surface area contributed by atoms with Crippen LogP contribution in [-0.2, 0) is 4.74 Å². The number of carbonyl (C=O) groups is 1. The van der Waals surface area contributed by atoms with Crippen LogP contribution in [0.2, 0.25) is 0 Å². The Kier molecular flexibility index (Phi) is 4.95. The summed E-state index contributed by atoms with van der Waals surface area (Å²) in [5, 5.41) is 7.66. The van der Waals surface area contributed by atoms with Crippen molar-refractivity contribution in [2.45, 2.75) is 32.1 Å². The molecule has 0 saturated heterocycles. The molecule has 0 spiro atoms. The maximum Gasteiger partial charge on any atom is 0.338 e. The lowest BCUT2D eigenvalue weighted by molar-refractivity contribution is 0.0600. The summed E-state index contributed by atoms with van der Waals surface area (Å²) < 4.78 is 4.74. The molecule has 1 fully saturated rings. The summed E-state index contributed by atoms with van der Waals surface area (Å²) in [7, 11) is 1.36. The van der Waals surface area contributed by atoms with Gasteiger partial charge in [0.2, 0.25) is 0 Å². The number of nitrogens with two attached hydrogens (primary N) is 1. The van der Waals surface area contributed by atoms with Crippen LogP contribution in [0.25, 0.3) is 0 Å². The Bertz CT molecular complexity index is 510. The summed E-state index contributed by atoms with van der Waals surface area (Å²) in [4.78, 5) is 11.6. The third-order valence-corrected chi connectivity index (χ3v) is 3.64. The number of halogens is 1. The molecule has 0 heterocycles. The van der Waals surface area contributed by atoms with E-state index in [1.807, 2.05) is 13.0 Å². The number of nitrogens with one attached hydrogen (secondary N) is 1. The summed E-state index contributed by atoms with van der Waals surface area (Å²) in [6, 6.07) is 3.67. The molecule has 3 N–H and O–H groups in total. The van der Waals surface area contributed by atoms with Crippen LogP contribution in [0.5, 0.6) is 0 Å². The van der Waals surface area contributed by atoms with Gasteiger partial charge in [0.25, 0.3) is 0 Å². The van der Waals surface area contributed by atoms with E-state index in [0.717, 1.165) is 24.0 Å². The molecule has 0 unspecified atom stereocenters. The van der Waals surface area contributed by atoms with Crippen LogP contribution in [0.4, 0.5) is 0 Å². The highest BCUT2D eigenvalue weighted by Crippen LogP contribution is 2.38. The summed E-state index contributed by atoms with van der Waals surface area (Å²) in [5.74, 6) is 0.117. The Balaban J connectivity index is 0.00000180. The Morgan fingerprint density at radius 3 is 2.42 bits per heavy atom. The van der Waals surface area contributed by atoms with Gasteiger partial charge >= 0.3 is 5.97 Å². The average Bonchev–Trinajstić information content (AvgIpc) is 2.25. The van der Waals surface area contributed by atoms with E-state index in [1.54, 1.807) is 6.07 Å². The van der Waals surface area contributed by atoms with E-state index in [1.165, 1.54) is 13.5 Å². The predicted molar refractivity (Wildman–Crippen MR) is 77.4 cm³/mol. The fourth-order valence-electron chi connectivity index (χ4n) is 2.35. The molecule has 4 nitrogen and oxygen atoms in total. The Hall–Kier alpha value is -1.55. The van der Waals surface area contributed by atoms with Crippen LogP contribution in [0.3, 0.4) is 0 Å². The smallest absolute Gasteiger partial charge is 0.338 e. The van der Waals surface area contributed by atoms with Gasteiger partial charge in [0, 0.05) is 5.56 Å². The van der Waals surface area contributed by atoms with E-state index in [0.29, 0.717) is 17.0 Å². The minimum absolute atomic E-state index is 0. The summed E-state index contributed by atoms with van der Waals surface area (Å²) in [5.41, 5.74) is 8.77. The predicted octanol–water partition coefficient (Wildman–Crippen LogP) is 2.75. The molecule has 1 aromatic carbocycles.